The minimum Gasteiger partial charge on any atom is -0.379 e. The highest BCUT2D eigenvalue weighted by molar-refractivity contribution is 4.94. The van der Waals surface area contributed by atoms with Gasteiger partial charge in [0, 0.05) is 18.5 Å². The van der Waals surface area contributed by atoms with Crippen molar-refractivity contribution in [2.45, 2.75) is 13.0 Å². The van der Waals surface area contributed by atoms with Gasteiger partial charge in [0.2, 0.25) is 0 Å². The maximum atomic E-state index is 5.32. The lowest BCUT2D eigenvalue weighted by atomic mass is 9.92. The number of nitrogens with zero attached hydrogens (tertiary/aromatic N) is 1. The van der Waals surface area contributed by atoms with Crippen LogP contribution in [0.2, 0.25) is 0 Å². The van der Waals surface area contributed by atoms with Crippen LogP contribution >= 0.6 is 0 Å². The summed E-state index contributed by atoms with van der Waals surface area (Å²) in [5.74, 6) is 0.880. The first-order valence-electron chi connectivity index (χ1n) is 3.73. The summed E-state index contributed by atoms with van der Waals surface area (Å²) in [6.45, 7) is 6.69. The molecule has 2 atom stereocenters. The largest absolute Gasteiger partial charge is 0.379 e. The Morgan fingerprint density at radius 1 is 1.56 bits per heavy atom. The van der Waals surface area contributed by atoms with E-state index in [1.807, 2.05) is 0 Å². The number of hydrogen-bond acceptors (Lipinski definition) is 2. The van der Waals surface area contributed by atoms with E-state index in [9.17, 15) is 0 Å². The smallest absolute Gasteiger partial charge is 0.0626 e. The fourth-order valence-electron chi connectivity index (χ4n) is 1.83. The van der Waals surface area contributed by atoms with Crippen molar-refractivity contribution in [2.75, 3.05) is 26.3 Å². The molecule has 2 unspecified atom stereocenters. The summed E-state index contributed by atoms with van der Waals surface area (Å²) >= 11 is 0. The molecule has 0 radical (unpaired) electrons. The number of rotatable bonds is 1. The first-order chi connectivity index (χ1) is 4.42. The van der Waals surface area contributed by atoms with Gasteiger partial charge in [-0.25, -0.2) is 0 Å². The van der Waals surface area contributed by atoms with Gasteiger partial charge in [0.1, 0.15) is 0 Å². The van der Waals surface area contributed by atoms with Crippen molar-refractivity contribution in [1.29, 1.82) is 0 Å². The molecular weight excluding hydrogens is 114 g/mol. The van der Waals surface area contributed by atoms with E-state index in [-0.39, 0.29) is 0 Å². The molecule has 0 spiro atoms. The van der Waals surface area contributed by atoms with Crippen LogP contribution in [0.25, 0.3) is 0 Å². The van der Waals surface area contributed by atoms with Crippen LogP contribution in [0.4, 0.5) is 0 Å². The number of likely N-dealkylation sites (tertiary alicyclic amines) is 1. The van der Waals surface area contributed by atoms with Gasteiger partial charge in [-0.3, -0.25) is 4.90 Å². The van der Waals surface area contributed by atoms with Gasteiger partial charge in [0.15, 0.2) is 0 Å². The summed E-state index contributed by atoms with van der Waals surface area (Å²) in [7, 11) is 0. The number of likely N-dealkylation sites (N-methyl/N-ethyl adjacent to an activating group) is 1. The van der Waals surface area contributed by atoms with Crippen LogP contribution in [-0.4, -0.2) is 37.2 Å². The zero-order valence-electron chi connectivity index (χ0n) is 5.84. The van der Waals surface area contributed by atoms with Crippen LogP contribution in [0, 0.1) is 5.92 Å². The van der Waals surface area contributed by atoms with E-state index in [2.05, 4.69) is 11.8 Å². The van der Waals surface area contributed by atoms with E-state index in [1.165, 1.54) is 13.1 Å². The molecule has 2 fully saturated rings. The SMILES string of the molecule is CCN1CC2COCC21. The summed E-state index contributed by atoms with van der Waals surface area (Å²) in [6, 6.07) is 0.787. The summed E-state index contributed by atoms with van der Waals surface area (Å²) in [4.78, 5) is 2.48. The van der Waals surface area contributed by atoms with E-state index >= 15 is 0 Å². The van der Waals surface area contributed by atoms with Gasteiger partial charge < -0.3 is 4.74 Å². The standard InChI is InChI=1S/C7H13NO/c1-2-8-3-6-4-9-5-7(6)8/h6-7H,2-5H2,1H3. The van der Waals surface area contributed by atoms with E-state index in [1.54, 1.807) is 0 Å². The fraction of sp³-hybridized carbons (Fsp3) is 1.00. The van der Waals surface area contributed by atoms with Crippen LogP contribution in [0.15, 0.2) is 0 Å². The minimum atomic E-state index is 0.787. The first-order valence-corrected chi connectivity index (χ1v) is 3.73. The average Bonchev–Trinajstić information content (AvgIpc) is 2.14. The molecule has 2 rings (SSSR count). The van der Waals surface area contributed by atoms with Gasteiger partial charge in [-0.2, -0.15) is 0 Å². The Morgan fingerprint density at radius 3 is 3.11 bits per heavy atom. The lowest BCUT2D eigenvalue weighted by molar-refractivity contribution is 0.0573. The average molecular weight is 127 g/mol. The van der Waals surface area contributed by atoms with Crippen LogP contribution in [0.5, 0.6) is 0 Å². The Kier molecular flexibility index (Phi) is 1.24. The van der Waals surface area contributed by atoms with Crippen LogP contribution in [-0.2, 0) is 4.74 Å². The molecule has 0 aromatic rings. The van der Waals surface area contributed by atoms with Crippen molar-refractivity contribution >= 4 is 0 Å². The Balaban J connectivity index is 1.93. The quantitative estimate of drug-likeness (QED) is 0.503. The van der Waals surface area contributed by atoms with Crippen LogP contribution < -0.4 is 0 Å². The number of hydrogen-bond donors (Lipinski definition) is 0. The molecule has 2 nitrogen and oxygen atoms in total. The Morgan fingerprint density at radius 2 is 2.44 bits per heavy atom. The van der Waals surface area contributed by atoms with Gasteiger partial charge in [0.05, 0.1) is 13.2 Å². The third-order valence-corrected chi connectivity index (χ3v) is 2.51. The Labute approximate surface area is 55.8 Å². The van der Waals surface area contributed by atoms with E-state index in [0.717, 1.165) is 25.2 Å². The van der Waals surface area contributed by atoms with E-state index in [0.29, 0.717) is 0 Å². The summed E-state index contributed by atoms with van der Waals surface area (Å²) in [5, 5.41) is 0. The zero-order chi connectivity index (χ0) is 6.27. The molecule has 0 amide bonds. The van der Waals surface area contributed by atoms with Gasteiger partial charge >= 0.3 is 0 Å². The molecule has 0 N–H and O–H groups in total. The second-order valence-electron chi connectivity index (χ2n) is 2.95. The normalized spacial score (nSPS) is 42.3. The lowest BCUT2D eigenvalue weighted by Crippen LogP contribution is -2.55. The second kappa shape index (κ2) is 1.96. The topological polar surface area (TPSA) is 12.5 Å². The number of fused-ring (bicyclic) bond motifs is 1. The molecule has 0 aromatic heterocycles. The predicted molar refractivity (Wildman–Crippen MR) is 35.3 cm³/mol. The molecule has 2 heterocycles. The monoisotopic (exact) mass is 127 g/mol. The number of ether oxygens (including phenoxy) is 1. The third kappa shape index (κ3) is 0.700. The van der Waals surface area contributed by atoms with E-state index in [4.69, 9.17) is 4.74 Å². The van der Waals surface area contributed by atoms with Crippen LogP contribution in [0.1, 0.15) is 6.92 Å². The minimum absolute atomic E-state index is 0.787. The third-order valence-electron chi connectivity index (χ3n) is 2.51. The molecular formula is C7H13NO. The molecule has 2 aliphatic heterocycles. The molecule has 52 valence electrons. The summed E-state index contributed by atoms with van der Waals surface area (Å²) in [5.41, 5.74) is 0. The zero-order valence-corrected chi connectivity index (χ0v) is 5.84. The van der Waals surface area contributed by atoms with Crippen molar-refractivity contribution in [3.8, 4) is 0 Å². The Bertz CT molecular complexity index is 115. The second-order valence-corrected chi connectivity index (χ2v) is 2.95. The van der Waals surface area contributed by atoms with Crippen molar-refractivity contribution in [3.05, 3.63) is 0 Å². The highest BCUT2D eigenvalue weighted by atomic mass is 16.5. The van der Waals surface area contributed by atoms with Gasteiger partial charge in [-0.1, -0.05) is 6.92 Å². The van der Waals surface area contributed by atoms with Gasteiger partial charge in [-0.05, 0) is 6.54 Å². The summed E-state index contributed by atoms with van der Waals surface area (Å²) in [6.07, 6.45) is 0. The molecule has 2 saturated heterocycles. The molecule has 0 saturated carbocycles. The maximum absolute atomic E-state index is 5.32. The van der Waals surface area contributed by atoms with E-state index < -0.39 is 0 Å². The molecule has 0 aromatic carbocycles. The highest BCUT2D eigenvalue weighted by Gasteiger charge is 2.41. The first kappa shape index (κ1) is 5.69. The molecule has 9 heavy (non-hydrogen) atoms. The van der Waals surface area contributed by atoms with Crippen molar-refractivity contribution in [1.82, 2.24) is 4.90 Å². The van der Waals surface area contributed by atoms with Crippen molar-refractivity contribution < 1.29 is 4.74 Å². The van der Waals surface area contributed by atoms with Crippen molar-refractivity contribution in [3.63, 3.8) is 0 Å². The molecule has 2 heteroatoms. The fourth-order valence-corrected chi connectivity index (χ4v) is 1.83. The van der Waals surface area contributed by atoms with Gasteiger partial charge in [-0.15, -0.1) is 0 Å². The molecule has 0 aliphatic carbocycles. The summed E-state index contributed by atoms with van der Waals surface area (Å²) < 4.78 is 5.32. The predicted octanol–water partition coefficient (Wildman–Crippen LogP) is 0.337. The Hall–Kier alpha value is -0.0800. The van der Waals surface area contributed by atoms with Crippen LogP contribution in [0.3, 0.4) is 0 Å². The maximum Gasteiger partial charge on any atom is 0.0626 e. The highest BCUT2D eigenvalue weighted by Crippen LogP contribution is 2.29. The molecule has 2 aliphatic rings. The van der Waals surface area contributed by atoms with Crippen molar-refractivity contribution in [2.24, 2.45) is 5.92 Å². The molecule has 0 bridgehead atoms. The van der Waals surface area contributed by atoms with Gasteiger partial charge in [0.25, 0.3) is 0 Å². The lowest BCUT2D eigenvalue weighted by Gasteiger charge is -2.42.